The molecule has 9 nitrogen and oxygen atoms in total. The topological polar surface area (TPSA) is 124 Å². The molecule has 0 fully saturated rings. The molecule has 0 aliphatic carbocycles. The summed E-state index contributed by atoms with van der Waals surface area (Å²) < 4.78 is 36.4. The van der Waals surface area contributed by atoms with Gasteiger partial charge in [0.05, 0.1) is 4.90 Å². The number of hydrogen-bond donors (Lipinski definition) is 1. The van der Waals surface area contributed by atoms with Crippen molar-refractivity contribution in [3.63, 3.8) is 0 Å². The lowest BCUT2D eigenvalue weighted by molar-refractivity contribution is -0.146. The highest BCUT2D eigenvalue weighted by Crippen LogP contribution is 2.22. The fraction of sp³-hybridized carbons (Fsp3) is 0.333. The van der Waals surface area contributed by atoms with Gasteiger partial charge in [0.25, 0.3) is 15.9 Å². The van der Waals surface area contributed by atoms with E-state index in [1.54, 1.807) is 18.2 Å². The van der Waals surface area contributed by atoms with Crippen LogP contribution in [0, 0.1) is 0 Å². The maximum absolute atomic E-state index is 12.1. The van der Waals surface area contributed by atoms with Gasteiger partial charge in [-0.1, -0.05) is 24.2 Å². The minimum absolute atomic E-state index is 0.117. The number of hydrogen-bond acceptors (Lipinski definition) is 8. The molecule has 0 radical (unpaired) electrons. The average Bonchev–Trinajstić information content (AvgIpc) is 3.16. The molecule has 1 aliphatic heterocycles. The third-order valence-electron chi connectivity index (χ3n) is 3.49. The zero-order valence-corrected chi connectivity index (χ0v) is 14.4. The number of aryl methyl sites for hydroxylation is 1. The molecule has 2 aromatic rings. The summed E-state index contributed by atoms with van der Waals surface area (Å²) in [6, 6.07) is 5.50. The fourth-order valence-electron chi connectivity index (χ4n) is 2.22. The van der Waals surface area contributed by atoms with E-state index in [4.69, 9.17) is 9.26 Å². The van der Waals surface area contributed by atoms with E-state index in [9.17, 15) is 13.2 Å². The number of aliphatic imine (C=N–C) groups is 1. The van der Waals surface area contributed by atoms with Crippen LogP contribution in [0.4, 0.5) is 0 Å². The third-order valence-corrected chi connectivity index (χ3v) is 4.89. The highest BCUT2D eigenvalue weighted by Gasteiger charge is 2.31. The Balaban J connectivity index is 1.70. The number of amidine groups is 1. The molecule has 0 saturated carbocycles. The molecule has 0 unspecified atom stereocenters. The molecule has 132 valence electrons. The van der Waals surface area contributed by atoms with Crippen LogP contribution < -0.4 is 4.72 Å². The first-order valence-electron chi connectivity index (χ1n) is 7.59. The van der Waals surface area contributed by atoms with Gasteiger partial charge >= 0.3 is 5.97 Å². The van der Waals surface area contributed by atoms with Gasteiger partial charge in [-0.15, -0.1) is 0 Å². The predicted octanol–water partition coefficient (Wildman–Crippen LogP) is 0.802. The van der Waals surface area contributed by atoms with Gasteiger partial charge in [0.1, 0.15) is 11.9 Å². The van der Waals surface area contributed by atoms with E-state index in [2.05, 4.69) is 19.9 Å². The number of sulfonamides is 1. The van der Waals surface area contributed by atoms with Crippen LogP contribution in [0.5, 0.6) is 0 Å². The maximum Gasteiger partial charge on any atom is 0.331 e. The number of benzene rings is 1. The van der Waals surface area contributed by atoms with Crippen LogP contribution >= 0.6 is 0 Å². The summed E-state index contributed by atoms with van der Waals surface area (Å²) in [7, 11) is -3.65. The van der Waals surface area contributed by atoms with Crippen LogP contribution in [0.2, 0.25) is 0 Å². The van der Waals surface area contributed by atoms with Crippen molar-refractivity contribution >= 4 is 21.8 Å². The molecule has 2 heterocycles. The Kier molecular flexibility index (Phi) is 4.53. The SMILES string of the molecule is CCc1noc(COC(=O)[C@H](C)N=C2NS(=O)(=O)c3ccccc32)n1. The number of nitrogens with zero attached hydrogens (tertiary/aromatic N) is 3. The van der Waals surface area contributed by atoms with Crippen LogP contribution in [0.1, 0.15) is 31.1 Å². The standard InChI is InChI=1S/C15H16N4O5S/c1-3-12-17-13(24-18-12)8-23-15(20)9(2)16-14-10-6-4-5-7-11(10)25(21,22)19-14/h4-7,9H,3,8H2,1-2H3,(H,16,19)/t9-/m0/s1. The van der Waals surface area contributed by atoms with Crippen molar-refractivity contribution in [2.24, 2.45) is 4.99 Å². The Morgan fingerprint density at radius 3 is 2.88 bits per heavy atom. The number of fused-ring (bicyclic) bond motifs is 1. The van der Waals surface area contributed by atoms with Gasteiger partial charge in [-0.3, -0.25) is 9.71 Å². The van der Waals surface area contributed by atoms with Crippen molar-refractivity contribution in [2.75, 3.05) is 0 Å². The summed E-state index contributed by atoms with van der Waals surface area (Å²) in [5.74, 6) is 0.201. The van der Waals surface area contributed by atoms with Gasteiger partial charge < -0.3 is 9.26 Å². The highest BCUT2D eigenvalue weighted by atomic mass is 32.2. The first-order valence-corrected chi connectivity index (χ1v) is 9.07. The van der Waals surface area contributed by atoms with Crippen LogP contribution in [-0.2, 0) is 32.6 Å². The molecule has 0 bridgehead atoms. The van der Waals surface area contributed by atoms with Crippen molar-refractivity contribution in [3.8, 4) is 0 Å². The fourth-order valence-corrected chi connectivity index (χ4v) is 3.46. The van der Waals surface area contributed by atoms with Crippen molar-refractivity contribution in [2.45, 2.75) is 37.8 Å². The molecular formula is C15H16N4O5S. The Labute approximate surface area is 144 Å². The van der Waals surface area contributed by atoms with E-state index >= 15 is 0 Å². The Hall–Kier alpha value is -2.75. The molecule has 3 rings (SSSR count). The molecule has 25 heavy (non-hydrogen) atoms. The van der Waals surface area contributed by atoms with Crippen molar-refractivity contribution < 1.29 is 22.5 Å². The number of rotatable bonds is 5. The summed E-state index contributed by atoms with van der Waals surface area (Å²) in [4.78, 5) is 20.4. The quantitative estimate of drug-likeness (QED) is 0.778. The number of nitrogens with one attached hydrogen (secondary N) is 1. The van der Waals surface area contributed by atoms with Gasteiger partial charge in [-0.2, -0.15) is 4.98 Å². The van der Waals surface area contributed by atoms with E-state index in [-0.39, 0.29) is 23.2 Å². The minimum atomic E-state index is -3.65. The summed E-state index contributed by atoms with van der Waals surface area (Å²) >= 11 is 0. The largest absolute Gasteiger partial charge is 0.454 e. The lowest BCUT2D eigenvalue weighted by Gasteiger charge is -2.07. The highest BCUT2D eigenvalue weighted by molar-refractivity contribution is 7.90. The molecule has 1 aromatic heterocycles. The van der Waals surface area contributed by atoms with Crippen LogP contribution in [0.3, 0.4) is 0 Å². The molecule has 1 aliphatic rings. The monoisotopic (exact) mass is 364 g/mol. The van der Waals surface area contributed by atoms with Crippen molar-refractivity contribution in [1.29, 1.82) is 0 Å². The molecule has 0 amide bonds. The minimum Gasteiger partial charge on any atom is -0.454 e. The molecule has 10 heteroatoms. The first kappa shape index (κ1) is 17.1. The first-order chi connectivity index (χ1) is 11.9. The van der Waals surface area contributed by atoms with Crippen molar-refractivity contribution in [3.05, 3.63) is 41.5 Å². The average molecular weight is 364 g/mol. The van der Waals surface area contributed by atoms with Gasteiger partial charge in [0.2, 0.25) is 0 Å². The Morgan fingerprint density at radius 2 is 2.16 bits per heavy atom. The lowest BCUT2D eigenvalue weighted by atomic mass is 10.2. The zero-order chi connectivity index (χ0) is 18.0. The summed E-state index contributed by atoms with van der Waals surface area (Å²) in [6.45, 7) is 3.22. The zero-order valence-electron chi connectivity index (χ0n) is 13.6. The Morgan fingerprint density at radius 1 is 1.40 bits per heavy atom. The normalized spacial score (nSPS) is 17.8. The summed E-state index contributed by atoms with van der Waals surface area (Å²) in [6.07, 6.45) is 0.612. The second-order valence-corrected chi connectivity index (χ2v) is 6.97. The molecular weight excluding hydrogens is 348 g/mol. The van der Waals surface area contributed by atoms with Gasteiger partial charge in [0.15, 0.2) is 12.4 Å². The van der Waals surface area contributed by atoms with E-state index in [1.165, 1.54) is 13.0 Å². The number of carbonyl (C=O) groups excluding carboxylic acids is 1. The Bertz CT molecular complexity index is 935. The van der Waals surface area contributed by atoms with Gasteiger partial charge in [-0.25, -0.2) is 13.2 Å². The van der Waals surface area contributed by atoms with Crippen molar-refractivity contribution in [1.82, 2.24) is 14.9 Å². The molecule has 1 aromatic carbocycles. The summed E-state index contributed by atoms with van der Waals surface area (Å²) in [5.41, 5.74) is 0.423. The number of carbonyl (C=O) groups is 1. The van der Waals surface area contributed by atoms with E-state index < -0.39 is 22.0 Å². The van der Waals surface area contributed by atoms with Crippen LogP contribution in [-0.4, -0.2) is 36.4 Å². The molecule has 1 atom stereocenters. The molecule has 0 saturated heterocycles. The van der Waals surface area contributed by atoms with Gasteiger partial charge in [0, 0.05) is 12.0 Å². The maximum atomic E-state index is 12.1. The van der Waals surface area contributed by atoms with E-state index in [1.807, 2.05) is 6.92 Å². The third kappa shape index (κ3) is 3.53. The number of aromatic nitrogens is 2. The van der Waals surface area contributed by atoms with Crippen LogP contribution in [0.15, 0.2) is 38.7 Å². The predicted molar refractivity (Wildman–Crippen MR) is 86.2 cm³/mol. The number of ether oxygens (including phenoxy) is 1. The summed E-state index contributed by atoms with van der Waals surface area (Å²) in [5, 5.41) is 3.70. The molecule has 1 N–H and O–H groups in total. The smallest absolute Gasteiger partial charge is 0.331 e. The van der Waals surface area contributed by atoms with E-state index in [0.717, 1.165) is 0 Å². The van der Waals surface area contributed by atoms with Crippen LogP contribution in [0.25, 0.3) is 0 Å². The van der Waals surface area contributed by atoms with E-state index in [0.29, 0.717) is 17.8 Å². The number of esters is 1. The second kappa shape index (κ2) is 6.63. The second-order valence-electron chi connectivity index (χ2n) is 5.32. The van der Waals surface area contributed by atoms with Gasteiger partial charge in [-0.05, 0) is 19.1 Å². The molecule has 0 spiro atoms. The lowest BCUT2D eigenvalue weighted by Crippen LogP contribution is -2.26.